The molecule has 1 saturated heterocycles. The average molecular weight is 366 g/mol. The topological polar surface area (TPSA) is 55.6 Å². The number of benzene rings is 1. The van der Waals surface area contributed by atoms with Gasteiger partial charge in [0, 0.05) is 30.2 Å². The first-order chi connectivity index (χ1) is 10.0. The van der Waals surface area contributed by atoms with E-state index in [4.69, 9.17) is 33.7 Å². The molecule has 1 saturated carbocycles. The summed E-state index contributed by atoms with van der Waals surface area (Å²) in [6.07, 6.45) is 2.20. The maximum atomic E-state index is 12.2. The molecule has 0 bridgehead atoms. The van der Waals surface area contributed by atoms with Gasteiger partial charge < -0.3 is 15.4 Å². The molecule has 4 nitrogen and oxygen atoms in total. The van der Waals surface area contributed by atoms with Crippen LogP contribution >= 0.6 is 35.6 Å². The number of nitrogens with zero attached hydrogens (tertiary/aromatic N) is 1. The number of hydrogen-bond acceptors (Lipinski definition) is 3. The van der Waals surface area contributed by atoms with Crippen molar-refractivity contribution in [3.05, 3.63) is 28.2 Å². The molecule has 3 rings (SSSR count). The van der Waals surface area contributed by atoms with E-state index in [2.05, 4.69) is 0 Å². The third-order valence-corrected chi connectivity index (χ3v) is 5.06. The minimum atomic E-state index is -0.0207. The van der Waals surface area contributed by atoms with Crippen molar-refractivity contribution in [1.29, 1.82) is 0 Å². The van der Waals surface area contributed by atoms with Crippen molar-refractivity contribution in [2.24, 2.45) is 17.6 Å². The lowest BCUT2D eigenvalue weighted by molar-refractivity contribution is -0.132. The van der Waals surface area contributed by atoms with E-state index in [1.54, 1.807) is 18.2 Å². The highest BCUT2D eigenvalue weighted by molar-refractivity contribution is 6.34. The van der Waals surface area contributed by atoms with E-state index in [-0.39, 0.29) is 31.0 Å². The van der Waals surface area contributed by atoms with Crippen molar-refractivity contribution in [1.82, 2.24) is 4.90 Å². The van der Waals surface area contributed by atoms with Crippen molar-refractivity contribution < 1.29 is 9.53 Å². The van der Waals surface area contributed by atoms with Gasteiger partial charge in [0.2, 0.25) is 0 Å². The molecular weight excluding hydrogens is 347 g/mol. The van der Waals surface area contributed by atoms with Crippen LogP contribution in [0.2, 0.25) is 10.0 Å². The van der Waals surface area contributed by atoms with Gasteiger partial charge in [-0.15, -0.1) is 12.4 Å². The van der Waals surface area contributed by atoms with Gasteiger partial charge in [0.25, 0.3) is 5.91 Å². The highest BCUT2D eigenvalue weighted by Crippen LogP contribution is 2.37. The normalized spacial score (nSPS) is 26.5. The summed E-state index contributed by atoms with van der Waals surface area (Å²) in [5.74, 6) is 1.42. The molecule has 1 amide bonds. The molecule has 1 heterocycles. The second kappa shape index (κ2) is 7.26. The van der Waals surface area contributed by atoms with E-state index >= 15 is 0 Å². The lowest BCUT2D eigenvalue weighted by Gasteiger charge is -2.19. The Morgan fingerprint density at radius 2 is 2.09 bits per heavy atom. The summed E-state index contributed by atoms with van der Waals surface area (Å²) in [4.78, 5) is 14.1. The van der Waals surface area contributed by atoms with Crippen molar-refractivity contribution in [2.45, 2.75) is 18.9 Å². The monoisotopic (exact) mass is 364 g/mol. The maximum Gasteiger partial charge on any atom is 0.260 e. The van der Waals surface area contributed by atoms with Gasteiger partial charge in [-0.1, -0.05) is 23.2 Å². The van der Waals surface area contributed by atoms with E-state index < -0.39 is 0 Å². The van der Waals surface area contributed by atoms with Gasteiger partial charge in [0.05, 0.1) is 5.02 Å². The molecule has 122 valence electrons. The van der Waals surface area contributed by atoms with E-state index in [1.165, 1.54) is 0 Å². The van der Waals surface area contributed by atoms with E-state index in [1.807, 2.05) is 4.90 Å². The molecule has 1 aliphatic carbocycles. The van der Waals surface area contributed by atoms with Crippen LogP contribution in [0.4, 0.5) is 0 Å². The third-order valence-electron chi connectivity index (χ3n) is 4.51. The molecule has 22 heavy (non-hydrogen) atoms. The zero-order valence-electron chi connectivity index (χ0n) is 12.0. The second-order valence-corrected chi connectivity index (χ2v) is 6.67. The molecule has 0 aromatic heterocycles. The fraction of sp³-hybridized carbons (Fsp3) is 0.533. The Morgan fingerprint density at radius 3 is 2.82 bits per heavy atom. The second-order valence-electron chi connectivity index (χ2n) is 5.83. The van der Waals surface area contributed by atoms with Crippen molar-refractivity contribution in [2.75, 3.05) is 19.7 Å². The van der Waals surface area contributed by atoms with Crippen LogP contribution in [-0.2, 0) is 4.79 Å². The van der Waals surface area contributed by atoms with Gasteiger partial charge >= 0.3 is 0 Å². The largest absolute Gasteiger partial charge is 0.482 e. The van der Waals surface area contributed by atoms with Gasteiger partial charge in [-0.2, -0.15) is 0 Å². The van der Waals surface area contributed by atoms with Crippen LogP contribution in [0.25, 0.3) is 0 Å². The van der Waals surface area contributed by atoms with Gasteiger partial charge in [0.1, 0.15) is 5.75 Å². The number of ether oxygens (including phenoxy) is 1. The van der Waals surface area contributed by atoms with Crippen LogP contribution in [-0.4, -0.2) is 36.5 Å². The SMILES string of the molecule is Cl.NC1CCC2CN(C(=O)COc3cc(Cl)ccc3Cl)CC12. The number of rotatable bonds is 3. The molecule has 0 radical (unpaired) electrons. The third kappa shape index (κ3) is 3.62. The molecule has 1 aromatic rings. The zero-order valence-corrected chi connectivity index (χ0v) is 14.3. The average Bonchev–Trinajstić information content (AvgIpc) is 3.02. The first-order valence-corrected chi connectivity index (χ1v) is 7.91. The van der Waals surface area contributed by atoms with Gasteiger partial charge in [-0.05, 0) is 36.8 Å². The Kier molecular flexibility index (Phi) is 5.83. The first-order valence-electron chi connectivity index (χ1n) is 7.16. The smallest absolute Gasteiger partial charge is 0.260 e. The fourth-order valence-electron chi connectivity index (χ4n) is 3.33. The molecule has 2 N–H and O–H groups in total. The number of carbonyl (C=O) groups excluding carboxylic acids is 1. The molecular formula is C15H19Cl3N2O2. The van der Waals surface area contributed by atoms with Gasteiger partial charge in [-0.3, -0.25) is 4.79 Å². The molecule has 3 unspecified atom stereocenters. The van der Waals surface area contributed by atoms with Crippen LogP contribution in [0.5, 0.6) is 5.75 Å². The number of nitrogens with two attached hydrogens (primary N) is 1. The molecule has 2 fully saturated rings. The highest BCUT2D eigenvalue weighted by Gasteiger charge is 2.42. The van der Waals surface area contributed by atoms with Gasteiger partial charge in [-0.25, -0.2) is 0 Å². The van der Waals surface area contributed by atoms with Gasteiger partial charge in [0.15, 0.2) is 6.61 Å². The van der Waals surface area contributed by atoms with E-state index in [0.717, 1.165) is 25.9 Å². The first kappa shape index (κ1) is 17.7. The summed E-state index contributed by atoms with van der Waals surface area (Å²) in [7, 11) is 0. The summed E-state index contributed by atoms with van der Waals surface area (Å²) < 4.78 is 5.50. The number of amides is 1. The van der Waals surface area contributed by atoms with Crippen LogP contribution < -0.4 is 10.5 Å². The number of likely N-dealkylation sites (tertiary alicyclic amines) is 1. The van der Waals surface area contributed by atoms with Crippen LogP contribution in [0, 0.1) is 11.8 Å². The molecule has 3 atom stereocenters. The van der Waals surface area contributed by atoms with E-state index in [0.29, 0.717) is 27.6 Å². The van der Waals surface area contributed by atoms with Crippen LogP contribution in [0.1, 0.15) is 12.8 Å². The van der Waals surface area contributed by atoms with E-state index in [9.17, 15) is 4.79 Å². The van der Waals surface area contributed by atoms with Crippen molar-refractivity contribution >= 4 is 41.5 Å². The zero-order chi connectivity index (χ0) is 15.0. The highest BCUT2D eigenvalue weighted by atomic mass is 35.5. The van der Waals surface area contributed by atoms with Crippen molar-refractivity contribution in [3.63, 3.8) is 0 Å². The Labute approximate surface area is 146 Å². The number of fused-ring (bicyclic) bond motifs is 1. The summed E-state index contributed by atoms with van der Waals surface area (Å²) >= 11 is 11.9. The predicted molar refractivity (Wildman–Crippen MR) is 90.0 cm³/mol. The quantitative estimate of drug-likeness (QED) is 0.896. The number of halogens is 3. The Balaban J connectivity index is 0.00000176. The van der Waals surface area contributed by atoms with Crippen molar-refractivity contribution in [3.8, 4) is 5.75 Å². The maximum absolute atomic E-state index is 12.2. The standard InChI is InChI=1S/C15H18Cl2N2O2.ClH/c16-10-2-3-12(17)14(5-10)21-8-15(20)19-6-9-1-4-13(18)11(9)7-19;/h2-3,5,9,11,13H,1,4,6-8,18H2;1H. The Bertz CT molecular complexity index is 556. The van der Waals surface area contributed by atoms with Crippen LogP contribution in [0.15, 0.2) is 18.2 Å². The minimum absolute atomic E-state index is 0. The molecule has 2 aliphatic rings. The molecule has 7 heteroatoms. The summed E-state index contributed by atoms with van der Waals surface area (Å²) in [5, 5.41) is 0.982. The minimum Gasteiger partial charge on any atom is -0.482 e. The summed E-state index contributed by atoms with van der Waals surface area (Å²) in [6.45, 7) is 1.52. The summed E-state index contributed by atoms with van der Waals surface area (Å²) in [5.41, 5.74) is 6.08. The predicted octanol–water partition coefficient (Wildman–Crippen LogP) is 2.99. The number of carbonyl (C=O) groups is 1. The lowest BCUT2D eigenvalue weighted by Crippen LogP contribution is -2.36. The molecule has 0 spiro atoms. The number of hydrogen-bond donors (Lipinski definition) is 1. The Hall–Kier alpha value is -0.680. The molecule has 1 aromatic carbocycles. The summed E-state index contributed by atoms with van der Waals surface area (Å²) in [6, 6.07) is 5.19. The molecule has 1 aliphatic heterocycles. The Morgan fingerprint density at radius 1 is 1.32 bits per heavy atom. The lowest BCUT2D eigenvalue weighted by atomic mass is 9.98. The van der Waals surface area contributed by atoms with Crippen LogP contribution in [0.3, 0.4) is 0 Å². The fourth-order valence-corrected chi connectivity index (χ4v) is 3.66.